The molecule has 1 atom stereocenters. The summed E-state index contributed by atoms with van der Waals surface area (Å²) < 4.78 is 10.8. The smallest absolute Gasteiger partial charge is 0.251 e. The van der Waals surface area contributed by atoms with E-state index in [0.717, 1.165) is 26.1 Å². The van der Waals surface area contributed by atoms with E-state index in [1.54, 1.807) is 13.8 Å². The highest BCUT2D eigenvalue weighted by Gasteiger charge is 2.27. The van der Waals surface area contributed by atoms with Crippen LogP contribution < -0.4 is 5.32 Å². The summed E-state index contributed by atoms with van der Waals surface area (Å²) in [6.45, 7) is 8.49. The second-order valence-electron chi connectivity index (χ2n) is 5.07. The maximum Gasteiger partial charge on any atom is 0.251 e. The Morgan fingerprint density at radius 3 is 2.88 bits per heavy atom. The first-order valence-corrected chi connectivity index (χ1v) is 6.56. The number of hydrogen-bond donors (Lipinski definition) is 1. The second kappa shape index (κ2) is 6.97. The van der Waals surface area contributed by atoms with E-state index in [1.165, 1.54) is 6.42 Å². The van der Waals surface area contributed by atoms with Gasteiger partial charge in [-0.3, -0.25) is 4.79 Å². The van der Waals surface area contributed by atoms with Gasteiger partial charge in [0.25, 0.3) is 5.91 Å². The molecule has 1 fully saturated rings. The molecule has 0 aromatic heterocycles. The highest BCUT2D eigenvalue weighted by Crippen LogP contribution is 2.16. The Bertz CT molecular complexity index is 235. The van der Waals surface area contributed by atoms with Crippen LogP contribution in [0.5, 0.6) is 0 Å². The molecule has 0 aromatic carbocycles. The van der Waals surface area contributed by atoms with Crippen molar-refractivity contribution in [1.82, 2.24) is 5.32 Å². The largest absolute Gasteiger partial charge is 0.381 e. The van der Waals surface area contributed by atoms with Gasteiger partial charge in [-0.15, -0.1) is 0 Å². The van der Waals surface area contributed by atoms with E-state index in [1.807, 2.05) is 6.92 Å². The van der Waals surface area contributed by atoms with Crippen molar-refractivity contribution in [3.63, 3.8) is 0 Å². The summed E-state index contributed by atoms with van der Waals surface area (Å²) in [5.41, 5.74) is -0.724. The molecule has 1 amide bonds. The molecular formula is C13H25NO3. The van der Waals surface area contributed by atoms with Gasteiger partial charge in [0.15, 0.2) is 0 Å². The minimum Gasteiger partial charge on any atom is -0.381 e. The normalized spacial score (nSPS) is 21.2. The molecule has 0 aliphatic carbocycles. The predicted molar refractivity (Wildman–Crippen MR) is 66.9 cm³/mol. The summed E-state index contributed by atoms with van der Waals surface area (Å²) in [6, 6.07) is 0. The number of carbonyl (C=O) groups is 1. The van der Waals surface area contributed by atoms with Crippen LogP contribution in [0.2, 0.25) is 0 Å². The van der Waals surface area contributed by atoms with E-state index in [2.05, 4.69) is 5.32 Å². The Hall–Kier alpha value is -0.610. The third-order valence-corrected chi connectivity index (χ3v) is 3.14. The van der Waals surface area contributed by atoms with Gasteiger partial charge in [0, 0.05) is 26.4 Å². The van der Waals surface area contributed by atoms with E-state index < -0.39 is 5.60 Å². The maximum absolute atomic E-state index is 11.8. The van der Waals surface area contributed by atoms with E-state index in [0.29, 0.717) is 19.1 Å². The maximum atomic E-state index is 11.8. The molecule has 1 aliphatic rings. The van der Waals surface area contributed by atoms with Crippen LogP contribution in [0.1, 0.15) is 40.0 Å². The molecule has 0 saturated carbocycles. The Balaban J connectivity index is 2.18. The van der Waals surface area contributed by atoms with Crippen LogP contribution in [0.4, 0.5) is 0 Å². The monoisotopic (exact) mass is 243 g/mol. The van der Waals surface area contributed by atoms with Crippen LogP contribution in [0.15, 0.2) is 0 Å². The highest BCUT2D eigenvalue weighted by molar-refractivity contribution is 5.84. The van der Waals surface area contributed by atoms with Crippen molar-refractivity contribution in [2.75, 3.05) is 26.4 Å². The van der Waals surface area contributed by atoms with Gasteiger partial charge in [-0.2, -0.15) is 0 Å². The van der Waals surface area contributed by atoms with Crippen LogP contribution in [0.25, 0.3) is 0 Å². The third kappa shape index (κ3) is 5.04. The molecule has 0 aromatic rings. The van der Waals surface area contributed by atoms with Crippen LogP contribution in [0, 0.1) is 5.92 Å². The summed E-state index contributed by atoms with van der Waals surface area (Å²) in [6.07, 6.45) is 3.35. The van der Waals surface area contributed by atoms with Crippen LogP contribution >= 0.6 is 0 Å². The van der Waals surface area contributed by atoms with E-state index in [9.17, 15) is 4.79 Å². The van der Waals surface area contributed by atoms with E-state index >= 15 is 0 Å². The average Bonchev–Trinajstić information content (AvgIpc) is 2.30. The minimum absolute atomic E-state index is 0.0314. The standard InChI is InChI=1S/C13H25NO3/c1-4-17-13(2,3)12(15)14-8-7-11-6-5-9-16-10-11/h11H,4-10H2,1-3H3,(H,14,15)/t11-/m1/s1. The third-order valence-electron chi connectivity index (χ3n) is 3.14. The quantitative estimate of drug-likeness (QED) is 0.773. The molecule has 0 radical (unpaired) electrons. The molecular weight excluding hydrogens is 218 g/mol. The highest BCUT2D eigenvalue weighted by atomic mass is 16.5. The minimum atomic E-state index is -0.724. The van der Waals surface area contributed by atoms with E-state index in [4.69, 9.17) is 9.47 Å². The number of nitrogens with one attached hydrogen (secondary N) is 1. The number of rotatable bonds is 6. The van der Waals surface area contributed by atoms with Gasteiger partial charge < -0.3 is 14.8 Å². The molecule has 1 N–H and O–H groups in total. The lowest BCUT2D eigenvalue weighted by Gasteiger charge is -2.25. The van der Waals surface area contributed by atoms with Crippen LogP contribution in [0.3, 0.4) is 0 Å². The van der Waals surface area contributed by atoms with E-state index in [-0.39, 0.29) is 5.91 Å². The van der Waals surface area contributed by atoms with Crippen molar-refractivity contribution >= 4 is 5.91 Å². The fraction of sp³-hybridized carbons (Fsp3) is 0.923. The molecule has 4 heteroatoms. The number of hydrogen-bond acceptors (Lipinski definition) is 3. The molecule has 1 saturated heterocycles. The fourth-order valence-electron chi connectivity index (χ4n) is 2.06. The Morgan fingerprint density at radius 2 is 2.29 bits per heavy atom. The van der Waals surface area contributed by atoms with Gasteiger partial charge in [-0.05, 0) is 46.0 Å². The predicted octanol–water partition coefficient (Wildman–Crippen LogP) is 1.73. The molecule has 1 heterocycles. The number of amides is 1. The first kappa shape index (κ1) is 14.5. The molecule has 0 spiro atoms. The molecule has 1 rings (SSSR count). The molecule has 4 nitrogen and oxygen atoms in total. The zero-order valence-electron chi connectivity index (χ0n) is 11.3. The topological polar surface area (TPSA) is 47.6 Å². The van der Waals surface area contributed by atoms with Gasteiger partial charge in [0.05, 0.1) is 0 Å². The van der Waals surface area contributed by atoms with Gasteiger partial charge in [0.2, 0.25) is 0 Å². The second-order valence-corrected chi connectivity index (χ2v) is 5.07. The van der Waals surface area contributed by atoms with Gasteiger partial charge in [0.1, 0.15) is 5.60 Å². The van der Waals surface area contributed by atoms with Crippen molar-refractivity contribution in [2.24, 2.45) is 5.92 Å². The van der Waals surface area contributed by atoms with Crippen LogP contribution in [-0.2, 0) is 14.3 Å². The molecule has 100 valence electrons. The van der Waals surface area contributed by atoms with Crippen molar-refractivity contribution in [3.05, 3.63) is 0 Å². The SMILES string of the molecule is CCOC(C)(C)C(=O)NCC[C@H]1CCCOC1. The van der Waals surface area contributed by atoms with Crippen molar-refractivity contribution in [1.29, 1.82) is 0 Å². The van der Waals surface area contributed by atoms with Crippen LogP contribution in [-0.4, -0.2) is 37.9 Å². The lowest BCUT2D eigenvalue weighted by Crippen LogP contribution is -2.45. The van der Waals surface area contributed by atoms with Gasteiger partial charge in [-0.1, -0.05) is 0 Å². The summed E-state index contributed by atoms with van der Waals surface area (Å²) in [5, 5.41) is 2.94. The summed E-state index contributed by atoms with van der Waals surface area (Å²) in [4.78, 5) is 11.8. The van der Waals surface area contributed by atoms with Crippen molar-refractivity contribution in [2.45, 2.75) is 45.6 Å². The zero-order chi connectivity index (χ0) is 12.7. The van der Waals surface area contributed by atoms with Crippen molar-refractivity contribution in [3.8, 4) is 0 Å². The Labute approximate surface area is 104 Å². The summed E-state index contributed by atoms with van der Waals surface area (Å²) in [7, 11) is 0. The molecule has 0 bridgehead atoms. The zero-order valence-corrected chi connectivity index (χ0v) is 11.3. The lowest BCUT2D eigenvalue weighted by atomic mass is 9.98. The molecule has 17 heavy (non-hydrogen) atoms. The average molecular weight is 243 g/mol. The Kier molecular flexibility index (Phi) is 5.92. The number of ether oxygens (including phenoxy) is 2. The fourth-order valence-corrected chi connectivity index (χ4v) is 2.06. The Morgan fingerprint density at radius 1 is 1.53 bits per heavy atom. The van der Waals surface area contributed by atoms with Gasteiger partial charge in [-0.25, -0.2) is 0 Å². The summed E-state index contributed by atoms with van der Waals surface area (Å²) >= 11 is 0. The molecule has 1 aliphatic heterocycles. The molecule has 0 unspecified atom stereocenters. The van der Waals surface area contributed by atoms with Gasteiger partial charge >= 0.3 is 0 Å². The van der Waals surface area contributed by atoms with Crippen molar-refractivity contribution < 1.29 is 14.3 Å². The first-order valence-electron chi connectivity index (χ1n) is 6.56. The first-order chi connectivity index (χ1) is 8.06. The summed E-state index contributed by atoms with van der Waals surface area (Å²) in [5.74, 6) is 0.565. The lowest BCUT2D eigenvalue weighted by molar-refractivity contribution is -0.142. The number of carbonyl (C=O) groups excluding carboxylic acids is 1.